The Morgan fingerprint density at radius 1 is 1.48 bits per heavy atom. The number of rotatable bonds is 4. The summed E-state index contributed by atoms with van der Waals surface area (Å²) in [6.45, 7) is -0.632. The third-order valence-corrected chi connectivity index (χ3v) is 5.37. The number of carboxylic acids is 1. The summed E-state index contributed by atoms with van der Waals surface area (Å²) in [6.07, 6.45) is -4.58. The molecule has 1 aliphatic heterocycles. The SMILES string of the molecule is O=C(O)CN(c1nc(C(F)(F)F)ns1)C1CCS(=O)(=O)C1. The van der Waals surface area contributed by atoms with Crippen molar-refractivity contribution in [3.05, 3.63) is 5.82 Å². The fraction of sp³-hybridized carbons (Fsp3) is 0.667. The largest absolute Gasteiger partial charge is 0.480 e. The van der Waals surface area contributed by atoms with E-state index in [1.165, 1.54) is 0 Å². The molecular weight excluding hydrogens is 335 g/mol. The molecule has 0 saturated carbocycles. The number of nitrogens with zero attached hydrogens (tertiary/aromatic N) is 3. The average molecular weight is 345 g/mol. The normalized spacial score (nSPS) is 21.4. The Labute approximate surface area is 121 Å². The van der Waals surface area contributed by atoms with Crippen molar-refractivity contribution in [1.29, 1.82) is 0 Å². The van der Waals surface area contributed by atoms with Gasteiger partial charge in [-0.3, -0.25) is 4.79 Å². The molecule has 1 N–H and O–H groups in total. The molecule has 1 atom stereocenters. The van der Waals surface area contributed by atoms with Crippen LogP contribution in [-0.4, -0.2) is 52.9 Å². The molecule has 0 spiro atoms. The first-order valence-electron chi connectivity index (χ1n) is 5.68. The van der Waals surface area contributed by atoms with Crippen molar-refractivity contribution in [2.75, 3.05) is 23.0 Å². The van der Waals surface area contributed by atoms with Crippen molar-refractivity contribution in [2.24, 2.45) is 0 Å². The van der Waals surface area contributed by atoms with Gasteiger partial charge < -0.3 is 10.0 Å². The second-order valence-electron chi connectivity index (χ2n) is 4.48. The van der Waals surface area contributed by atoms with Crippen LogP contribution < -0.4 is 4.90 Å². The van der Waals surface area contributed by atoms with E-state index in [4.69, 9.17) is 5.11 Å². The van der Waals surface area contributed by atoms with E-state index < -0.39 is 40.4 Å². The molecule has 1 fully saturated rings. The first kappa shape index (κ1) is 15.9. The number of halogens is 3. The third-order valence-electron chi connectivity index (χ3n) is 2.87. The van der Waals surface area contributed by atoms with Crippen LogP contribution in [0.2, 0.25) is 0 Å². The Kier molecular flexibility index (Phi) is 4.10. The van der Waals surface area contributed by atoms with Crippen LogP contribution in [0, 0.1) is 0 Å². The minimum Gasteiger partial charge on any atom is -0.480 e. The maximum absolute atomic E-state index is 12.5. The summed E-state index contributed by atoms with van der Waals surface area (Å²) in [4.78, 5) is 15.2. The zero-order valence-electron chi connectivity index (χ0n) is 10.4. The zero-order chi connectivity index (χ0) is 15.8. The van der Waals surface area contributed by atoms with Crippen molar-refractivity contribution < 1.29 is 31.5 Å². The number of anilines is 1. The summed E-state index contributed by atoms with van der Waals surface area (Å²) >= 11 is 0.400. The predicted molar refractivity (Wildman–Crippen MR) is 67.0 cm³/mol. The Morgan fingerprint density at radius 2 is 2.14 bits per heavy atom. The van der Waals surface area contributed by atoms with Crippen molar-refractivity contribution in [1.82, 2.24) is 9.36 Å². The quantitative estimate of drug-likeness (QED) is 0.854. The number of sulfone groups is 1. The molecule has 118 valence electrons. The number of aromatic nitrogens is 2. The number of carbonyl (C=O) groups is 1. The Hall–Kier alpha value is -1.43. The molecule has 1 saturated heterocycles. The van der Waals surface area contributed by atoms with Crippen LogP contribution in [0.3, 0.4) is 0 Å². The summed E-state index contributed by atoms with van der Waals surface area (Å²) in [5, 5.41) is 8.60. The van der Waals surface area contributed by atoms with Crippen molar-refractivity contribution in [2.45, 2.75) is 18.6 Å². The van der Waals surface area contributed by atoms with E-state index in [-0.39, 0.29) is 23.1 Å². The highest BCUT2D eigenvalue weighted by molar-refractivity contribution is 7.91. The fourth-order valence-electron chi connectivity index (χ4n) is 1.97. The number of hydrogen-bond donors (Lipinski definition) is 1. The smallest absolute Gasteiger partial charge is 0.452 e. The molecule has 1 aromatic rings. The molecular formula is C9H10F3N3O4S2. The van der Waals surface area contributed by atoms with Gasteiger partial charge in [0.2, 0.25) is 11.0 Å². The van der Waals surface area contributed by atoms with Gasteiger partial charge in [-0.15, -0.1) is 0 Å². The summed E-state index contributed by atoms with van der Waals surface area (Å²) in [6, 6.07) is -0.708. The van der Waals surface area contributed by atoms with Gasteiger partial charge in [-0.2, -0.15) is 22.5 Å². The van der Waals surface area contributed by atoms with Gasteiger partial charge >= 0.3 is 12.1 Å². The molecule has 12 heteroatoms. The Morgan fingerprint density at radius 3 is 2.57 bits per heavy atom. The highest BCUT2D eigenvalue weighted by atomic mass is 32.2. The average Bonchev–Trinajstić information content (AvgIpc) is 2.91. The highest BCUT2D eigenvalue weighted by Gasteiger charge is 2.39. The standard InChI is InChI=1S/C9H10F3N3O4S2/c10-9(11,12)7-13-8(20-14-7)15(3-6(16)17)5-1-2-21(18,19)4-5/h5H,1-4H2,(H,16,17). The number of aliphatic carboxylic acids is 1. The Bertz CT molecular complexity index is 643. The van der Waals surface area contributed by atoms with Gasteiger partial charge in [-0.05, 0) is 6.42 Å². The summed E-state index contributed by atoms with van der Waals surface area (Å²) in [5.74, 6) is -3.08. The summed E-state index contributed by atoms with van der Waals surface area (Å²) in [5.41, 5.74) is 0. The molecule has 1 aromatic heterocycles. The third kappa shape index (κ3) is 3.81. The molecule has 7 nitrogen and oxygen atoms in total. The maximum Gasteiger partial charge on any atom is 0.452 e. The minimum atomic E-state index is -4.73. The molecule has 2 rings (SSSR count). The molecule has 0 aromatic carbocycles. The van der Waals surface area contributed by atoms with Crippen molar-refractivity contribution >= 4 is 32.5 Å². The van der Waals surface area contributed by atoms with Crippen molar-refractivity contribution in [3.8, 4) is 0 Å². The van der Waals surface area contributed by atoms with Crippen LogP contribution >= 0.6 is 11.5 Å². The van der Waals surface area contributed by atoms with E-state index in [1.807, 2.05) is 0 Å². The van der Waals surface area contributed by atoms with Crippen LogP contribution in [0.4, 0.5) is 18.3 Å². The summed E-state index contributed by atoms with van der Waals surface area (Å²) < 4.78 is 63.5. The second kappa shape index (κ2) is 5.40. The van der Waals surface area contributed by atoms with Crippen LogP contribution in [0.5, 0.6) is 0 Å². The van der Waals surface area contributed by atoms with Gasteiger partial charge in [-0.1, -0.05) is 0 Å². The molecule has 0 bridgehead atoms. The van der Waals surface area contributed by atoms with Gasteiger partial charge in [0, 0.05) is 17.6 Å². The van der Waals surface area contributed by atoms with Gasteiger partial charge in [0.25, 0.3) is 0 Å². The van der Waals surface area contributed by atoms with Crippen LogP contribution in [-0.2, 0) is 20.8 Å². The van der Waals surface area contributed by atoms with Crippen LogP contribution in [0.25, 0.3) is 0 Å². The first-order valence-corrected chi connectivity index (χ1v) is 8.28. The molecule has 2 heterocycles. The second-order valence-corrected chi connectivity index (χ2v) is 7.44. The predicted octanol–water partition coefficient (Wildman–Crippen LogP) is 0.635. The molecule has 1 aliphatic rings. The fourth-order valence-corrected chi connectivity index (χ4v) is 4.46. The monoisotopic (exact) mass is 345 g/mol. The van der Waals surface area contributed by atoms with E-state index in [0.29, 0.717) is 11.5 Å². The zero-order valence-corrected chi connectivity index (χ0v) is 12.0. The van der Waals surface area contributed by atoms with E-state index in [0.717, 1.165) is 4.90 Å². The van der Waals surface area contributed by atoms with Gasteiger partial charge in [0.1, 0.15) is 6.54 Å². The topological polar surface area (TPSA) is 100 Å². The van der Waals surface area contributed by atoms with Crippen molar-refractivity contribution in [3.63, 3.8) is 0 Å². The lowest BCUT2D eigenvalue weighted by molar-refractivity contribution is -0.144. The number of carboxylic acid groups (broad SMARTS) is 1. The number of alkyl halides is 3. The highest BCUT2D eigenvalue weighted by Crippen LogP contribution is 2.32. The van der Waals surface area contributed by atoms with Gasteiger partial charge in [0.15, 0.2) is 9.84 Å². The molecule has 1 unspecified atom stereocenters. The van der Waals surface area contributed by atoms with Gasteiger partial charge in [-0.25, -0.2) is 8.42 Å². The lowest BCUT2D eigenvalue weighted by Crippen LogP contribution is -2.40. The maximum atomic E-state index is 12.5. The minimum absolute atomic E-state index is 0.126. The molecule has 0 radical (unpaired) electrons. The molecule has 21 heavy (non-hydrogen) atoms. The molecule has 0 aliphatic carbocycles. The van der Waals surface area contributed by atoms with Gasteiger partial charge in [0.05, 0.1) is 11.5 Å². The van der Waals surface area contributed by atoms with E-state index in [2.05, 4.69) is 9.36 Å². The van der Waals surface area contributed by atoms with E-state index in [1.54, 1.807) is 0 Å². The van der Waals surface area contributed by atoms with Crippen LogP contribution in [0.15, 0.2) is 0 Å². The van der Waals surface area contributed by atoms with E-state index in [9.17, 15) is 26.4 Å². The molecule has 0 amide bonds. The summed E-state index contributed by atoms with van der Waals surface area (Å²) in [7, 11) is -3.31. The van der Waals surface area contributed by atoms with Crippen LogP contribution in [0.1, 0.15) is 12.2 Å². The lowest BCUT2D eigenvalue weighted by Gasteiger charge is -2.25. The first-order chi connectivity index (χ1) is 9.58. The Balaban J connectivity index is 2.28. The van der Waals surface area contributed by atoms with E-state index >= 15 is 0 Å². The number of hydrogen-bond acceptors (Lipinski definition) is 7. The lowest BCUT2D eigenvalue weighted by atomic mass is 10.2.